The molecule has 0 radical (unpaired) electrons. The zero-order chi connectivity index (χ0) is 23.5. The summed E-state index contributed by atoms with van der Waals surface area (Å²) in [4.78, 5) is 28.3. The number of para-hydroxylation sites is 2. The summed E-state index contributed by atoms with van der Waals surface area (Å²) in [6.07, 6.45) is 0.862. The van der Waals surface area contributed by atoms with Crippen LogP contribution in [0.2, 0.25) is 0 Å². The minimum atomic E-state index is -0.382. The SMILES string of the molecule is CCN(C(=O)C(C)Sc1nnc2n(CCC(C)C)c(=O)c3ccccc3n12)c1ccccc1. The fourth-order valence-electron chi connectivity index (χ4n) is 3.90. The van der Waals surface area contributed by atoms with E-state index in [1.165, 1.54) is 11.8 Å². The zero-order valence-electron chi connectivity index (χ0n) is 19.4. The molecule has 4 rings (SSSR count). The Labute approximate surface area is 197 Å². The second-order valence-corrected chi connectivity index (χ2v) is 9.76. The van der Waals surface area contributed by atoms with E-state index in [4.69, 9.17) is 0 Å². The third kappa shape index (κ3) is 4.53. The fraction of sp³-hybridized carbons (Fsp3) is 0.360. The number of rotatable bonds is 8. The second-order valence-electron chi connectivity index (χ2n) is 8.45. The Morgan fingerprint density at radius 3 is 2.42 bits per heavy atom. The van der Waals surface area contributed by atoms with Crippen molar-refractivity contribution >= 4 is 40.0 Å². The quantitative estimate of drug-likeness (QED) is 0.357. The average molecular weight is 464 g/mol. The monoisotopic (exact) mass is 463 g/mol. The van der Waals surface area contributed by atoms with Crippen molar-refractivity contribution in [1.82, 2.24) is 19.2 Å². The number of fused-ring (bicyclic) bond motifs is 3. The van der Waals surface area contributed by atoms with Crippen LogP contribution in [0.5, 0.6) is 0 Å². The maximum absolute atomic E-state index is 13.3. The Morgan fingerprint density at radius 1 is 1.03 bits per heavy atom. The van der Waals surface area contributed by atoms with Crippen LogP contribution in [0.15, 0.2) is 64.5 Å². The van der Waals surface area contributed by atoms with Gasteiger partial charge in [-0.2, -0.15) is 0 Å². The number of nitrogens with zero attached hydrogens (tertiary/aromatic N) is 5. The third-order valence-corrected chi connectivity index (χ3v) is 6.72. The molecule has 2 aromatic carbocycles. The Hall–Kier alpha value is -3.13. The molecule has 4 aromatic rings. The number of carbonyl (C=O) groups excluding carboxylic acids is 1. The Kier molecular flexibility index (Phi) is 6.83. The van der Waals surface area contributed by atoms with E-state index in [0.29, 0.717) is 35.3 Å². The van der Waals surface area contributed by atoms with Gasteiger partial charge in [0, 0.05) is 18.8 Å². The summed E-state index contributed by atoms with van der Waals surface area (Å²) in [5.41, 5.74) is 1.56. The van der Waals surface area contributed by atoms with Gasteiger partial charge in [-0.05, 0) is 50.5 Å². The number of aromatic nitrogens is 4. The minimum absolute atomic E-state index is 0.00267. The van der Waals surface area contributed by atoms with Crippen LogP contribution in [0.25, 0.3) is 16.7 Å². The first-order valence-electron chi connectivity index (χ1n) is 11.3. The van der Waals surface area contributed by atoms with Crippen LogP contribution in [0.3, 0.4) is 0 Å². The van der Waals surface area contributed by atoms with Crippen LogP contribution in [-0.4, -0.2) is 36.9 Å². The van der Waals surface area contributed by atoms with Crippen LogP contribution >= 0.6 is 11.8 Å². The van der Waals surface area contributed by atoms with E-state index in [1.807, 2.05) is 72.8 Å². The molecule has 2 aromatic heterocycles. The van der Waals surface area contributed by atoms with Crippen LogP contribution in [0.1, 0.15) is 34.1 Å². The first-order chi connectivity index (χ1) is 15.9. The summed E-state index contributed by atoms with van der Waals surface area (Å²) in [6.45, 7) is 9.26. The van der Waals surface area contributed by atoms with Crippen molar-refractivity contribution < 1.29 is 4.79 Å². The maximum atomic E-state index is 13.3. The topological polar surface area (TPSA) is 72.5 Å². The number of anilines is 1. The molecule has 1 amide bonds. The van der Waals surface area contributed by atoms with E-state index in [9.17, 15) is 9.59 Å². The largest absolute Gasteiger partial charge is 0.312 e. The molecule has 0 aliphatic heterocycles. The molecular weight excluding hydrogens is 434 g/mol. The number of hydrogen-bond donors (Lipinski definition) is 0. The highest BCUT2D eigenvalue weighted by Crippen LogP contribution is 2.27. The van der Waals surface area contributed by atoms with Gasteiger partial charge in [0.2, 0.25) is 11.7 Å². The highest BCUT2D eigenvalue weighted by atomic mass is 32.2. The normalized spacial score (nSPS) is 12.5. The van der Waals surface area contributed by atoms with Crippen LogP contribution in [0.4, 0.5) is 5.69 Å². The van der Waals surface area contributed by atoms with Gasteiger partial charge in [-0.1, -0.05) is 55.9 Å². The van der Waals surface area contributed by atoms with Crippen molar-refractivity contribution in [2.24, 2.45) is 5.92 Å². The van der Waals surface area contributed by atoms with E-state index in [2.05, 4.69) is 24.0 Å². The molecule has 33 heavy (non-hydrogen) atoms. The number of aryl methyl sites for hydroxylation is 1. The van der Waals surface area contributed by atoms with Crippen molar-refractivity contribution in [3.8, 4) is 0 Å². The fourth-order valence-corrected chi connectivity index (χ4v) is 4.82. The van der Waals surface area contributed by atoms with Gasteiger partial charge in [0.1, 0.15) is 0 Å². The van der Waals surface area contributed by atoms with Crippen LogP contribution in [0, 0.1) is 5.92 Å². The van der Waals surface area contributed by atoms with E-state index >= 15 is 0 Å². The van der Waals surface area contributed by atoms with Gasteiger partial charge in [0.15, 0.2) is 5.16 Å². The summed E-state index contributed by atoms with van der Waals surface area (Å²) in [5.74, 6) is 0.968. The predicted molar refractivity (Wildman–Crippen MR) is 134 cm³/mol. The molecule has 0 aliphatic rings. The van der Waals surface area contributed by atoms with Crippen molar-refractivity contribution in [1.29, 1.82) is 0 Å². The van der Waals surface area contributed by atoms with Gasteiger partial charge in [-0.3, -0.25) is 18.6 Å². The molecular formula is C25H29N5O2S. The molecule has 1 atom stereocenters. The number of amides is 1. The van der Waals surface area contributed by atoms with Crippen molar-refractivity contribution in [2.45, 2.75) is 51.1 Å². The van der Waals surface area contributed by atoms with Gasteiger partial charge in [-0.15, -0.1) is 10.2 Å². The second kappa shape index (κ2) is 9.79. The molecule has 8 heteroatoms. The Balaban J connectivity index is 1.74. The molecule has 0 spiro atoms. The summed E-state index contributed by atoms with van der Waals surface area (Å²) >= 11 is 1.36. The highest BCUT2D eigenvalue weighted by molar-refractivity contribution is 8.00. The standard InChI is InChI=1S/C25H29N5O2S/c1-5-28(19-11-7-6-8-12-19)22(31)18(4)33-25-27-26-24-29(16-15-17(2)3)23(32)20-13-9-10-14-21(20)30(24)25/h6-14,17-18H,5,15-16H2,1-4H3. The minimum Gasteiger partial charge on any atom is -0.312 e. The summed E-state index contributed by atoms with van der Waals surface area (Å²) in [7, 11) is 0. The molecule has 0 fully saturated rings. The van der Waals surface area contributed by atoms with Crippen molar-refractivity contribution in [3.63, 3.8) is 0 Å². The lowest BCUT2D eigenvalue weighted by atomic mass is 10.1. The molecule has 172 valence electrons. The van der Waals surface area contributed by atoms with Gasteiger partial charge in [0.25, 0.3) is 5.56 Å². The van der Waals surface area contributed by atoms with Crippen molar-refractivity contribution in [2.75, 3.05) is 11.4 Å². The van der Waals surface area contributed by atoms with Gasteiger partial charge < -0.3 is 4.90 Å². The Bertz CT molecular complexity index is 1330. The van der Waals surface area contributed by atoms with E-state index in [-0.39, 0.29) is 16.7 Å². The van der Waals surface area contributed by atoms with Crippen molar-refractivity contribution in [3.05, 3.63) is 65.0 Å². The molecule has 7 nitrogen and oxygen atoms in total. The Morgan fingerprint density at radius 2 is 1.73 bits per heavy atom. The average Bonchev–Trinajstić information content (AvgIpc) is 3.23. The van der Waals surface area contributed by atoms with Gasteiger partial charge in [0.05, 0.1) is 16.2 Å². The lowest BCUT2D eigenvalue weighted by Crippen LogP contribution is -2.36. The third-order valence-electron chi connectivity index (χ3n) is 5.69. The highest BCUT2D eigenvalue weighted by Gasteiger charge is 2.25. The smallest absolute Gasteiger partial charge is 0.262 e. The van der Waals surface area contributed by atoms with E-state index in [0.717, 1.165) is 17.6 Å². The van der Waals surface area contributed by atoms with Crippen LogP contribution < -0.4 is 10.5 Å². The molecule has 0 aliphatic carbocycles. The van der Waals surface area contributed by atoms with E-state index < -0.39 is 0 Å². The number of hydrogen-bond acceptors (Lipinski definition) is 5. The summed E-state index contributed by atoms with van der Waals surface area (Å²) < 4.78 is 3.61. The predicted octanol–water partition coefficient (Wildman–Crippen LogP) is 4.62. The lowest BCUT2D eigenvalue weighted by molar-refractivity contribution is -0.117. The molecule has 0 saturated heterocycles. The first kappa shape index (κ1) is 23.0. The molecule has 0 bridgehead atoms. The number of carbonyl (C=O) groups is 1. The molecule has 2 heterocycles. The summed E-state index contributed by atoms with van der Waals surface area (Å²) in [6, 6.07) is 17.2. The molecule has 0 N–H and O–H groups in total. The first-order valence-corrected chi connectivity index (χ1v) is 12.2. The van der Waals surface area contributed by atoms with Gasteiger partial charge >= 0.3 is 0 Å². The maximum Gasteiger partial charge on any atom is 0.262 e. The summed E-state index contributed by atoms with van der Waals surface area (Å²) in [5, 5.41) is 9.61. The molecule has 0 saturated carbocycles. The van der Waals surface area contributed by atoms with Gasteiger partial charge in [-0.25, -0.2) is 0 Å². The number of thioether (sulfide) groups is 1. The van der Waals surface area contributed by atoms with E-state index in [1.54, 1.807) is 9.47 Å². The zero-order valence-corrected chi connectivity index (χ0v) is 20.2. The number of benzene rings is 2. The van der Waals surface area contributed by atoms with Crippen LogP contribution in [-0.2, 0) is 11.3 Å². The lowest BCUT2D eigenvalue weighted by Gasteiger charge is -2.24. The molecule has 1 unspecified atom stereocenters.